The van der Waals surface area contributed by atoms with Crippen molar-refractivity contribution in [3.63, 3.8) is 0 Å². The number of rotatable bonds is 8. The zero-order chi connectivity index (χ0) is 18.9. The number of carbonyl (C=O) groups excluding carboxylic acids is 1. The van der Waals surface area contributed by atoms with E-state index in [0.29, 0.717) is 23.0 Å². The largest absolute Gasteiger partial charge is 0.496 e. The quantitative estimate of drug-likeness (QED) is 0.606. The standard InChI is InChI=1S/C20H20N4O2S/c1-26-18-8-3-2-6-15(18)11-13-22-19(25)14-27-20-10-9-17(23-24-20)16-7-4-5-12-21-16/h2-10,12H,11,13-14H2,1H3,(H,22,25). The monoisotopic (exact) mass is 380 g/mol. The summed E-state index contributed by atoms with van der Waals surface area (Å²) < 4.78 is 5.31. The Morgan fingerprint density at radius 3 is 2.63 bits per heavy atom. The fraction of sp³-hybridized carbons (Fsp3) is 0.200. The van der Waals surface area contributed by atoms with Crippen LogP contribution in [0.4, 0.5) is 0 Å². The molecule has 0 aliphatic heterocycles. The summed E-state index contributed by atoms with van der Waals surface area (Å²) in [6, 6.07) is 17.2. The number of amides is 1. The second-order valence-corrected chi connectivity index (χ2v) is 6.67. The average Bonchev–Trinajstić information content (AvgIpc) is 2.73. The van der Waals surface area contributed by atoms with Gasteiger partial charge in [-0.2, -0.15) is 0 Å². The van der Waals surface area contributed by atoms with Gasteiger partial charge in [0.15, 0.2) is 0 Å². The molecule has 3 aromatic rings. The Hall–Kier alpha value is -2.93. The van der Waals surface area contributed by atoms with Crippen molar-refractivity contribution in [1.29, 1.82) is 0 Å². The molecule has 1 N–H and O–H groups in total. The van der Waals surface area contributed by atoms with E-state index < -0.39 is 0 Å². The molecule has 0 atom stereocenters. The van der Waals surface area contributed by atoms with Gasteiger partial charge in [-0.05, 0) is 42.3 Å². The molecule has 138 valence electrons. The number of thioether (sulfide) groups is 1. The van der Waals surface area contributed by atoms with Gasteiger partial charge in [0.25, 0.3) is 0 Å². The minimum Gasteiger partial charge on any atom is -0.496 e. The van der Waals surface area contributed by atoms with Gasteiger partial charge in [0.2, 0.25) is 5.91 Å². The van der Waals surface area contributed by atoms with Gasteiger partial charge in [0, 0.05) is 12.7 Å². The van der Waals surface area contributed by atoms with Crippen LogP contribution in [0.3, 0.4) is 0 Å². The van der Waals surface area contributed by atoms with E-state index >= 15 is 0 Å². The SMILES string of the molecule is COc1ccccc1CCNC(=O)CSc1ccc(-c2ccccn2)nn1. The molecule has 7 heteroatoms. The third-order valence-electron chi connectivity index (χ3n) is 3.83. The fourth-order valence-corrected chi connectivity index (χ4v) is 3.13. The number of benzene rings is 1. The van der Waals surface area contributed by atoms with Crippen LogP contribution in [-0.2, 0) is 11.2 Å². The minimum absolute atomic E-state index is 0.0366. The molecule has 0 aliphatic carbocycles. The summed E-state index contributed by atoms with van der Waals surface area (Å²) in [5, 5.41) is 11.9. The summed E-state index contributed by atoms with van der Waals surface area (Å²) in [5.41, 5.74) is 2.56. The van der Waals surface area contributed by atoms with Gasteiger partial charge in [0.1, 0.15) is 16.5 Å². The van der Waals surface area contributed by atoms with Crippen LogP contribution in [0.5, 0.6) is 5.75 Å². The van der Waals surface area contributed by atoms with E-state index in [2.05, 4.69) is 20.5 Å². The number of ether oxygens (including phenoxy) is 1. The summed E-state index contributed by atoms with van der Waals surface area (Å²) in [6.45, 7) is 0.560. The first-order valence-corrected chi connectivity index (χ1v) is 9.51. The molecule has 1 aromatic carbocycles. The number of hydrogen-bond donors (Lipinski definition) is 1. The van der Waals surface area contributed by atoms with E-state index in [1.54, 1.807) is 13.3 Å². The molecule has 0 spiro atoms. The number of nitrogens with one attached hydrogen (secondary N) is 1. The Morgan fingerprint density at radius 1 is 1.04 bits per heavy atom. The van der Waals surface area contributed by atoms with Crippen LogP contribution in [0.15, 0.2) is 65.8 Å². The molecule has 1 amide bonds. The van der Waals surface area contributed by atoms with Gasteiger partial charge in [-0.15, -0.1) is 10.2 Å². The first-order chi connectivity index (χ1) is 13.3. The molecule has 2 aromatic heterocycles. The van der Waals surface area contributed by atoms with Crippen LogP contribution < -0.4 is 10.1 Å². The number of hydrogen-bond acceptors (Lipinski definition) is 6. The van der Waals surface area contributed by atoms with Crippen molar-refractivity contribution in [2.75, 3.05) is 19.4 Å². The Kier molecular flexibility index (Phi) is 6.76. The third-order valence-corrected chi connectivity index (χ3v) is 4.75. The fourth-order valence-electron chi connectivity index (χ4n) is 2.48. The lowest BCUT2D eigenvalue weighted by Crippen LogP contribution is -2.27. The van der Waals surface area contributed by atoms with Crippen LogP contribution in [0.1, 0.15) is 5.56 Å². The van der Waals surface area contributed by atoms with Crippen molar-refractivity contribution >= 4 is 17.7 Å². The van der Waals surface area contributed by atoms with Gasteiger partial charge in [0.05, 0.1) is 18.6 Å². The highest BCUT2D eigenvalue weighted by Gasteiger charge is 2.07. The van der Waals surface area contributed by atoms with Crippen LogP contribution in [-0.4, -0.2) is 40.5 Å². The first-order valence-electron chi connectivity index (χ1n) is 8.53. The van der Waals surface area contributed by atoms with Crippen molar-refractivity contribution in [3.05, 3.63) is 66.4 Å². The van der Waals surface area contributed by atoms with Crippen molar-refractivity contribution < 1.29 is 9.53 Å². The molecular weight excluding hydrogens is 360 g/mol. The van der Waals surface area contributed by atoms with E-state index in [9.17, 15) is 4.79 Å². The molecule has 3 rings (SSSR count). The number of carbonyl (C=O) groups is 1. The number of pyridine rings is 1. The van der Waals surface area contributed by atoms with E-state index in [1.165, 1.54) is 11.8 Å². The maximum atomic E-state index is 12.0. The Balaban J connectivity index is 1.44. The molecule has 0 radical (unpaired) electrons. The molecule has 0 unspecified atom stereocenters. The minimum atomic E-state index is -0.0366. The Bertz CT molecular complexity index is 873. The predicted octanol–water partition coefficient (Wildman–Crippen LogP) is 3.00. The molecule has 27 heavy (non-hydrogen) atoms. The first kappa shape index (κ1) is 18.8. The summed E-state index contributed by atoms with van der Waals surface area (Å²) in [6.07, 6.45) is 2.44. The average molecular weight is 380 g/mol. The lowest BCUT2D eigenvalue weighted by molar-refractivity contribution is -0.118. The number of nitrogens with zero attached hydrogens (tertiary/aromatic N) is 3. The van der Waals surface area contributed by atoms with Gasteiger partial charge in [-0.3, -0.25) is 9.78 Å². The maximum absolute atomic E-state index is 12.0. The molecule has 2 heterocycles. The third kappa shape index (κ3) is 5.52. The smallest absolute Gasteiger partial charge is 0.230 e. The van der Waals surface area contributed by atoms with Crippen LogP contribution in [0.2, 0.25) is 0 Å². The lowest BCUT2D eigenvalue weighted by Gasteiger charge is -2.09. The number of para-hydroxylation sites is 1. The highest BCUT2D eigenvalue weighted by Crippen LogP contribution is 2.19. The highest BCUT2D eigenvalue weighted by molar-refractivity contribution is 7.99. The number of methoxy groups -OCH3 is 1. The summed E-state index contributed by atoms with van der Waals surface area (Å²) in [7, 11) is 1.65. The molecule has 0 fully saturated rings. The lowest BCUT2D eigenvalue weighted by atomic mass is 10.1. The molecule has 0 bridgehead atoms. The summed E-state index contributed by atoms with van der Waals surface area (Å²) in [5.74, 6) is 1.10. The Labute approximate surface area is 162 Å². The zero-order valence-corrected chi connectivity index (χ0v) is 15.8. The normalized spacial score (nSPS) is 10.4. The van der Waals surface area contributed by atoms with Gasteiger partial charge < -0.3 is 10.1 Å². The van der Waals surface area contributed by atoms with Crippen LogP contribution >= 0.6 is 11.8 Å². The highest BCUT2D eigenvalue weighted by atomic mass is 32.2. The molecule has 6 nitrogen and oxygen atoms in total. The van der Waals surface area contributed by atoms with E-state index in [4.69, 9.17) is 4.74 Å². The second-order valence-electron chi connectivity index (χ2n) is 5.67. The van der Waals surface area contributed by atoms with E-state index in [1.807, 2.05) is 54.6 Å². The molecular formula is C20H20N4O2S. The van der Waals surface area contributed by atoms with E-state index in [0.717, 1.165) is 23.4 Å². The number of aromatic nitrogens is 3. The Morgan fingerprint density at radius 2 is 1.89 bits per heavy atom. The van der Waals surface area contributed by atoms with Crippen molar-refractivity contribution in [2.24, 2.45) is 0 Å². The zero-order valence-electron chi connectivity index (χ0n) is 15.0. The molecule has 0 saturated heterocycles. The summed E-state index contributed by atoms with van der Waals surface area (Å²) >= 11 is 1.36. The van der Waals surface area contributed by atoms with Crippen molar-refractivity contribution in [3.8, 4) is 17.1 Å². The van der Waals surface area contributed by atoms with Crippen LogP contribution in [0.25, 0.3) is 11.4 Å². The van der Waals surface area contributed by atoms with Gasteiger partial charge >= 0.3 is 0 Å². The topological polar surface area (TPSA) is 77.0 Å². The van der Waals surface area contributed by atoms with E-state index in [-0.39, 0.29) is 5.91 Å². The summed E-state index contributed by atoms with van der Waals surface area (Å²) in [4.78, 5) is 16.3. The van der Waals surface area contributed by atoms with Crippen molar-refractivity contribution in [2.45, 2.75) is 11.4 Å². The van der Waals surface area contributed by atoms with Gasteiger partial charge in [-0.1, -0.05) is 36.0 Å². The van der Waals surface area contributed by atoms with Crippen LogP contribution in [0, 0.1) is 0 Å². The van der Waals surface area contributed by atoms with Crippen molar-refractivity contribution in [1.82, 2.24) is 20.5 Å². The predicted molar refractivity (Wildman–Crippen MR) is 106 cm³/mol. The van der Waals surface area contributed by atoms with Gasteiger partial charge in [-0.25, -0.2) is 0 Å². The molecule has 0 aliphatic rings. The second kappa shape index (κ2) is 9.68. The maximum Gasteiger partial charge on any atom is 0.230 e. The molecule has 0 saturated carbocycles.